The Morgan fingerprint density at radius 2 is 2.00 bits per heavy atom. The Balaban J connectivity index is 3.47. The van der Waals surface area contributed by atoms with Crippen LogP contribution in [0.5, 0.6) is 0 Å². The Labute approximate surface area is 105 Å². The highest BCUT2D eigenvalue weighted by Crippen LogP contribution is 2.35. The van der Waals surface area contributed by atoms with Gasteiger partial charge in [-0.1, -0.05) is 0 Å². The van der Waals surface area contributed by atoms with Gasteiger partial charge >= 0.3 is 6.09 Å². The number of methoxy groups -OCH3 is 1. The second kappa shape index (κ2) is 4.47. The summed E-state index contributed by atoms with van der Waals surface area (Å²) in [6.07, 6.45) is -0.578. The van der Waals surface area contributed by atoms with Gasteiger partial charge in [0, 0.05) is 0 Å². The van der Waals surface area contributed by atoms with E-state index in [2.05, 4.69) is 52.5 Å². The molecule has 7 heteroatoms. The van der Waals surface area contributed by atoms with Crippen molar-refractivity contribution in [3.8, 4) is 6.07 Å². The van der Waals surface area contributed by atoms with E-state index >= 15 is 0 Å². The van der Waals surface area contributed by atoms with E-state index in [9.17, 15) is 4.79 Å². The minimum atomic E-state index is -0.578. The number of hydrogen-bond donors (Lipinski definition) is 0. The van der Waals surface area contributed by atoms with Gasteiger partial charge in [0.05, 0.1) is 11.6 Å². The predicted molar refractivity (Wildman–Crippen MR) is 60.1 cm³/mol. The Hall–Kier alpha value is -0.320. The summed E-state index contributed by atoms with van der Waals surface area (Å²) in [5.74, 6) is 0. The van der Waals surface area contributed by atoms with Crippen LogP contribution in [-0.2, 0) is 4.74 Å². The van der Waals surface area contributed by atoms with Crippen molar-refractivity contribution < 1.29 is 9.53 Å². The van der Waals surface area contributed by atoms with Crippen molar-refractivity contribution in [2.24, 2.45) is 0 Å². The van der Waals surface area contributed by atoms with Gasteiger partial charge in [-0.15, -0.1) is 0 Å². The molecule has 74 valence electrons. The van der Waals surface area contributed by atoms with Crippen molar-refractivity contribution >= 4 is 53.9 Å². The normalized spacial score (nSPS) is 9.64. The third-order valence-electron chi connectivity index (χ3n) is 1.47. The van der Waals surface area contributed by atoms with Gasteiger partial charge in [-0.3, -0.25) is 0 Å². The monoisotopic (exact) mass is 384 g/mol. The standard InChI is InChI=1S/C7H3Br3N2O2/c1-14-7(13)12-5(9)3(2-11)4(8)6(12)10/h1H3. The number of carbonyl (C=O) groups is 1. The summed E-state index contributed by atoms with van der Waals surface area (Å²) < 4.78 is 7.04. The first-order valence-corrected chi connectivity index (χ1v) is 5.66. The number of nitrogens with zero attached hydrogens (tertiary/aromatic N) is 2. The molecule has 0 N–H and O–H groups in total. The fraction of sp³-hybridized carbons (Fsp3) is 0.143. The van der Waals surface area contributed by atoms with Gasteiger partial charge in [0.1, 0.15) is 20.8 Å². The molecule has 0 amide bonds. The Kier molecular flexibility index (Phi) is 3.75. The van der Waals surface area contributed by atoms with E-state index in [4.69, 9.17) is 5.26 Å². The van der Waals surface area contributed by atoms with Crippen LogP contribution in [0.2, 0.25) is 0 Å². The Morgan fingerprint density at radius 1 is 1.43 bits per heavy atom. The molecule has 0 bridgehead atoms. The van der Waals surface area contributed by atoms with Crippen LogP contribution >= 0.6 is 47.8 Å². The number of aromatic nitrogens is 1. The summed E-state index contributed by atoms with van der Waals surface area (Å²) in [6.45, 7) is 0. The lowest BCUT2D eigenvalue weighted by molar-refractivity contribution is 0.171. The lowest BCUT2D eigenvalue weighted by atomic mass is 10.4. The molecule has 0 spiro atoms. The first-order valence-electron chi connectivity index (χ1n) is 3.28. The second-order valence-corrected chi connectivity index (χ2v) is 4.48. The number of ether oxygens (including phenoxy) is 1. The molecule has 0 unspecified atom stereocenters. The van der Waals surface area contributed by atoms with Crippen LogP contribution in [0, 0.1) is 11.3 Å². The maximum absolute atomic E-state index is 11.3. The fourth-order valence-corrected chi connectivity index (χ4v) is 2.92. The molecular weight excluding hydrogens is 384 g/mol. The molecule has 1 aromatic rings. The van der Waals surface area contributed by atoms with Crippen LogP contribution in [-0.4, -0.2) is 17.8 Å². The highest BCUT2D eigenvalue weighted by atomic mass is 79.9. The average Bonchev–Trinajstić information content (AvgIpc) is 2.38. The van der Waals surface area contributed by atoms with Gasteiger partial charge in [-0.05, 0) is 47.8 Å². The topological polar surface area (TPSA) is 55.0 Å². The van der Waals surface area contributed by atoms with E-state index < -0.39 is 6.09 Å². The van der Waals surface area contributed by atoms with Crippen molar-refractivity contribution in [1.29, 1.82) is 5.26 Å². The molecular formula is C7H3Br3N2O2. The first kappa shape index (κ1) is 11.8. The number of halogens is 3. The quantitative estimate of drug-likeness (QED) is 0.687. The number of carbonyl (C=O) groups excluding carboxylic acids is 1. The Morgan fingerprint density at radius 3 is 2.36 bits per heavy atom. The van der Waals surface area contributed by atoms with E-state index in [1.54, 1.807) is 0 Å². The molecule has 0 aliphatic carbocycles. The van der Waals surface area contributed by atoms with E-state index in [1.807, 2.05) is 6.07 Å². The third-order valence-corrected chi connectivity index (χ3v) is 4.27. The van der Waals surface area contributed by atoms with Crippen LogP contribution in [0.15, 0.2) is 13.7 Å². The molecule has 0 aliphatic heterocycles. The highest BCUT2D eigenvalue weighted by molar-refractivity contribution is 9.13. The fourth-order valence-electron chi connectivity index (χ4n) is 0.837. The third kappa shape index (κ3) is 1.74. The number of hydrogen-bond acceptors (Lipinski definition) is 3. The molecule has 0 saturated heterocycles. The summed E-state index contributed by atoms with van der Waals surface area (Å²) in [5, 5.41) is 8.80. The molecule has 0 aliphatic rings. The molecule has 1 rings (SSSR count). The summed E-state index contributed by atoms with van der Waals surface area (Å²) >= 11 is 9.48. The first-order chi connectivity index (χ1) is 6.54. The van der Waals surface area contributed by atoms with Gasteiger partial charge in [-0.25, -0.2) is 9.36 Å². The van der Waals surface area contributed by atoms with E-state index in [0.717, 1.165) is 0 Å². The lowest BCUT2D eigenvalue weighted by Crippen LogP contribution is -2.11. The highest BCUT2D eigenvalue weighted by Gasteiger charge is 2.22. The summed E-state index contributed by atoms with van der Waals surface area (Å²) in [7, 11) is 1.27. The molecule has 1 heterocycles. The zero-order chi connectivity index (χ0) is 10.9. The van der Waals surface area contributed by atoms with E-state index in [0.29, 0.717) is 19.2 Å². The second-order valence-electron chi connectivity index (χ2n) is 2.19. The summed E-state index contributed by atoms with van der Waals surface area (Å²) in [6, 6.07) is 1.95. The largest absolute Gasteiger partial charge is 0.452 e. The predicted octanol–water partition coefficient (Wildman–Crippen LogP) is 3.26. The summed E-state index contributed by atoms with van der Waals surface area (Å²) in [4.78, 5) is 11.3. The minimum absolute atomic E-state index is 0.335. The molecule has 0 saturated carbocycles. The molecule has 0 radical (unpaired) electrons. The van der Waals surface area contributed by atoms with Crippen molar-refractivity contribution in [1.82, 2.24) is 4.57 Å². The van der Waals surface area contributed by atoms with Gasteiger partial charge < -0.3 is 4.74 Å². The SMILES string of the molecule is COC(=O)n1c(Br)c(Br)c(C#N)c1Br. The van der Waals surface area contributed by atoms with Crippen molar-refractivity contribution in [3.63, 3.8) is 0 Å². The van der Waals surface area contributed by atoms with Crippen LogP contribution < -0.4 is 0 Å². The lowest BCUT2D eigenvalue weighted by Gasteiger charge is -2.02. The van der Waals surface area contributed by atoms with Gasteiger partial charge in [0.25, 0.3) is 0 Å². The van der Waals surface area contributed by atoms with Crippen LogP contribution in [0.25, 0.3) is 0 Å². The molecule has 4 nitrogen and oxygen atoms in total. The molecule has 0 atom stereocenters. The maximum atomic E-state index is 11.3. The van der Waals surface area contributed by atoms with Gasteiger partial charge in [0.15, 0.2) is 0 Å². The molecule has 1 aromatic heterocycles. The zero-order valence-electron chi connectivity index (χ0n) is 6.84. The van der Waals surface area contributed by atoms with Crippen LogP contribution in [0.3, 0.4) is 0 Å². The van der Waals surface area contributed by atoms with Crippen molar-refractivity contribution in [2.75, 3.05) is 7.11 Å². The van der Waals surface area contributed by atoms with Crippen LogP contribution in [0.1, 0.15) is 5.56 Å². The smallest absolute Gasteiger partial charge is 0.419 e. The van der Waals surface area contributed by atoms with E-state index in [1.165, 1.54) is 11.7 Å². The molecule has 0 aromatic carbocycles. The van der Waals surface area contributed by atoms with E-state index in [-0.39, 0.29) is 0 Å². The molecule has 14 heavy (non-hydrogen) atoms. The maximum Gasteiger partial charge on any atom is 0.419 e. The summed E-state index contributed by atoms with van der Waals surface area (Å²) in [5.41, 5.74) is 0.335. The molecule has 0 fully saturated rings. The van der Waals surface area contributed by atoms with Gasteiger partial charge in [-0.2, -0.15) is 5.26 Å². The van der Waals surface area contributed by atoms with Crippen molar-refractivity contribution in [2.45, 2.75) is 0 Å². The number of rotatable bonds is 0. The minimum Gasteiger partial charge on any atom is -0.452 e. The average molecular weight is 387 g/mol. The Bertz CT molecular complexity index is 433. The zero-order valence-corrected chi connectivity index (χ0v) is 11.6. The number of nitriles is 1. The van der Waals surface area contributed by atoms with Crippen molar-refractivity contribution in [3.05, 3.63) is 19.2 Å². The van der Waals surface area contributed by atoms with Gasteiger partial charge in [0.2, 0.25) is 0 Å². The van der Waals surface area contributed by atoms with Crippen LogP contribution in [0.4, 0.5) is 4.79 Å².